The van der Waals surface area contributed by atoms with E-state index >= 15 is 0 Å². The second-order valence-electron chi connectivity index (χ2n) is 6.13. The van der Waals surface area contributed by atoms with Gasteiger partial charge in [-0.1, -0.05) is 35.5 Å². The standard InChI is InChI=1S/C17H22ClN5OS/c18-15-5-3-13(4-6-15)10-23-8-1-2-14(11-23)16(24)19-7-9-25-17-20-12-21-22-17/h3-6,12,14H,1-2,7-11H2,(H,19,24)(H,20,21,22)/t14-/m0/s1. The summed E-state index contributed by atoms with van der Waals surface area (Å²) < 4.78 is 0. The topological polar surface area (TPSA) is 73.9 Å². The average Bonchev–Trinajstić information content (AvgIpc) is 3.14. The fraction of sp³-hybridized carbons (Fsp3) is 0.471. The van der Waals surface area contributed by atoms with E-state index < -0.39 is 0 Å². The number of carbonyl (C=O) groups is 1. The monoisotopic (exact) mass is 379 g/mol. The van der Waals surface area contributed by atoms with Gasteiger partial charge in [0.05, 0.1) is 5.92 Å². The Labute approximate surface area is 156 Å². The van der Waals surface area contributed by atoms with Crippen molar-refractivity contribution in [3.63, 3.8) is 0 Å². The van der Waals surface area contributed by atoms with Gasteiger partial charge in [0, 0.05) is 30.4 Å². The van der Waals surface area contributed by atoms with Gasteiger partial charge in [-0.3, -0.25) is 14.8 Å². The molecule has 0 unspecified atom stereocenters. The minimum absolute atomic E-state index is 0.0660. The molecule has 2 heterocycles. The molecule has 0 bridgehead atoms. The Kier molecular flexibility index (Phi) is 6.72. The first-order valence-electron chi connectivity index (χ1n) is 8.43. The van der Waals surface area contributed by atoms with Crippen molar-refractivity contribution in [2.24, 2.45) is 5.92 Å². The second-order valence-corrected chi connectivity index (χ2v) is 7.65. The van der Waals surface area contributed by atoms with E-state index in [-0.39, 0.29) is 11.8 Å². The number of piperidine rings is 1. The maximum absolute atomic E-state index is 12.4. The van der Waals surface area contributed by atoms with E-state index in [1.165, 1.54) is 11.9 Å². The maximum atomic E-state index is 12.4. The third kappa shape index (κ3) is 5.73. The molecular formula is C17H22ClN5OS. The molecule has 25 heavy (non-hydrogen) atoms. The molecule has 2 aromatic rings. The predicted octanol–water partition coefficient (Wildman–Crippen LogP) is 2.58. The molecule has 0 aliphatic carbocycles. The summed E-state index contributed by atoms with van der Waals surface area (Å²) in [7, 11) is 0. The molecule has 1 amide bonds. The molecule has 0 radical (unpaired) electrons. The lowest BCUT2D eigenvalue weighted by Gasteiger charge is -2.32. The van der Waals surface area contributed by atoms with Crippen LogP contribution in [0.1, 0.15) is 18.4 Å². The van der Waals surface area contributed by atoms with Gasteiger partial charge in [-0.05, 0) is 37.1 Å². The summed E-state index contributed by atoms with van der Waals surface area (Å²) in [6.45, 7) is 3.34. The van der Waals surface area contributed by atoms with Crippen LogP contribution in [0.3, 0.4) is 0 Å². The first-order chi connectivity index (χ1) is 12.2. The van der Waals surface area contributed by atoms with Crippen molar-refractivity contribution in [2.75, 3.05) is 25.4 Å². The summed E-state index contributed by atoms with van der Waals surface area (Å²) in [5.41, 5.74) is 1.23. The molecule has 1 saturated heterocycles. The highest BCUT2D eigenvalue weighted by molar-refractivity contribution is 7.99. The third-order valence-electron chi connectivity index (χ3n) is 4.23. The SMILES string of the molecule is O=C(NCCSc1ncn[nH]1)[C@H]1CCCN(Cc2ccc(Cl)cc2)C1. The highest BCUT2D eigenvalue weighted by Crippen LogP contribution is 2.20. The van der Waals surface area contributed by atoms with Crippen LogP contribution >= 0.6 is 23.4 Å². The molecule has 1 aromatic heterocycles. The average molecular weight is 380 g/mol. The van der Waals surface area contributed by atoms with Crippen LogP contribution in [0.2, 0.25) is 5.02 Å². The molecule has 3 rings (SSSR count). The van der Waals surface area contributed by atoms with E-state index in [2.05, 4.69) is 25.4 Å². The summed E-state index contributed by atoms with van der Waals surface area (Å²) in [4.78, 5) is 18.8. The van der Waals surface area contributed by atoms with E-state index in [0.29, 0.717) is 6.54 Å². The number of amides is 1. The Morgan fingerprint density at radius 3 is 3.00 bits per heavy atom. The van der Waals surface area contributed by atoms with Crippen LogP contribution in [-0.2, 0) is 11.3 Å². The molecule has 8 heteroatoms. The maximum Gasteiger partial charge on any atom is 0.224 e. The molecule has 0 saturated carbocycles. The van der Waals surface area contributed by atoms with Crippen molar-refractivity contribution < 1.29 is 4.79 Å². The lowest BCUT2D eigenvalue weighted by atomic mass is 9.96. The van der Waals surface area contributed by atoms with E-state index in [9.17, 15) is 4.79 Å². The van der Waals surface area contributed by atoms with Crippen molar-refractivity contribution >= 4 is 29.3 Å². The summed E-state index contributed by atoms with van der Waals surface area (Å²) >= 11 is 7.49. The first kappa shape index (κ1) is 18.2. The van der Waals surface area contributed by atoms with Gasteiger partial charge in [0.15, 0.2) is 5.16 Å². The fourth-order valence-electron chi connectivity index (χ4n) is 2.99. The van der Waals surface area contributed by atoms with Crippen LogP contribution < -0.4 is 5.32 Å². The molecule has 1 aliphatic rings. The fourth-order valence-corrected chi connectivity index (χ4v) is 3.75. The lowest BCUT2D eigenvalue weighted by Crippen LogP contribution is -2.43. The number of carbonyl (C=O) groups excluding carboxylic acids is 1. The molecule has 1 aromatic carbocycles. The Balaban J connectivity index is 1.40. The van der Waals surface area contributed by atoms with Crippen LogP contribution in [0.25, 0.3) is 0 Å². The Morgan fingerprint density at radius 1 is 1.40 bits per heavy atom. The van der Waals surface area contributed by atoms with Gasteiger partial charge < -0.3 is 5.32 Å². The van der Waals surface area contributed by atoms with Crippen LogP contribution in [-0.4, -0.2) is 51.4 Å². The number of rotatable bonds is 7. The summed E-state index contributed by atoms with van der Waals surface area (Å²) in [5, 5.41) is 11.2. The van der Waals surface area contributed by atoms with E-state index in [4.69, 9.17) is 11.6 Å². The molecule has 6 nitrogen and oxygen atoms in total. The highest BCUT2D eigenvalue weighted by Gasteiger charge is 2.25. The number of hydrogen-bond donors (Lipinski definition) is 2. The number of nitrogens with one attached hydrogen (secondary N) is 2. The van der Waals surface area contributed by atoms with Gasteiger partial charge in [0.25, 0.3) is 0 Å². The number of hydrogen-bond acceptors (Lipinski definition) is 5. The van der Waals surface area contributed by atoms with E-state index in [1.807, 2.05) is 24.3 Å². The van der Waals surface area contributed by atoms with Crippen LogP contribution in [0.15, 0.2) is 35.7 Å². The summed E-state index contributed by atoms with van der Waals surface area (Å²) in [6, 6.07) is 7.92. The summed E-state index contributed by atoms with van der Waals surface area (Å²) in [5.74, 6) is 0.998. The van der Waals surface area contributed by atoms with Crippen molar-refractivity contribution in [1.29, 1.82) is 0 Å². The number of thioether (sulfide) groups is 1. The van der Waals surface area contributed by atoms with Gasteiger partial charge in [0.2, 0.25) is 5.91 Å². The smallest absolute Gasteiger partial charge is 0.224 e. The van der Waals surface area contributed by atoms with Gasteiger partial charge in [-0.2, -0.15) is 5.10 Å². The Hall–Kier alpha value is -1.57. The quantitative estimate of drug-likeness (QED) is 0.571. The molecule has 134 valence electrons. The molecule has 0 spiro atoms. The number of H-pyrrole nitrogens is 1. The summed E-state index contributed by atoms with van der Waals surface area (Å²) in [6.07, 6.45) is 3.49. The van der Waals surface area contributed by atoms with Crippen molar-refractivity contribution in [3.8, 4) is 0 Å². The van der Waals surface area contributed by atoms with Crippen LogP contribution in [0.4, 0.5) is 0 Å². The number of likely N-dealkylation sites (tertiary alicyclic amines) is 1. The van der Waals surface area contributed by atoms with Gasteiger partial charge in [-0.15, -0.1) is 0 Å². The highest BCUT2D eigenvalue weighted by atomic mass is 35.5. The minimum atomic E-state index is 0.0660. The zero-order chi connectivity index (χ0) is 17.5. The lowest BCUT2D eigenvalue weighted by molar-refractivity contribution is -0.126. The first-order valence-corrected chi connectivity index (χ1v) is 9.80. The third-order valence-corrected chi connectivity index (χ3v) is 5.36. The molecule has 2 N–H and O–H groups in total. The number of benzene rings is 1. The number of halogens is 1. The van der Waals surface area contributed by atoms with Gasteiger partial charge in [0.1, 0.15) is 6.33 Å². The predicted molar refractivity (Wildman–Crippen MR) is 99.6 cm³/mol. The van der Waals surface area contributed by atoms with Gasteiger partial charge >= 0.3 is 0 Å². The van der Waals surface area contributed by atoms with E-state index in [0.717, 1.165) is 48.4 Å². The van der Waals surface area contributed by atoms with E-state index in [1.54, 1.807) is 11.8 Å². The zero-order valence-electron chi connectivity index (χ0n) is 13.9. The molecular weight excluding hydrogens is 358 g/mol. The van der Waals surface area contributed by atoms with Crippen molar-refractivity contribution in [1.82, 2.24) is 25.4 Å². The normalized spacial score (nSPS) is 18.2. The molecule has 1 aliphatic heterocycles. The van der Waals surface area contributed by atoms with Crippen LogP contribution in [0, 0.1) is 5.92 Å². The van der Waals surface area contributed by atoms with Gasteiger partial charge in [-0.25, -0.2) is 4.98 Å². The second kappa shape index (κ2) is 9.22. The molecule has 1 atom stereocenters. The van der Waals surface area contributed by atoms with Crippen molar-refractivity contribution in [2.45, 2.75) is 24.5 Å². The zero-order valence-corrected chi connectivity index (χ0v) is 15.5. The Morgan fingerprint density at radius 2 is 2.24 bits per heavy atom. The van der Waals surface area contributed by atoms with Crippen molar-refractivity contribution in [3.05, 3.63) is 41.2 Å². The molecule has 1 fully saturated rings. The largest absolute Gasteiger partial charge is 0.355 e. The Bertz CT molecular complexity index is 664. The number of aromatic amines is 1. The number of nitrogens with zero attached hydrogens (tertiary/aromatic N) is 3. The van der Waals surface area contributed by atoms with Crippen LogP contribution in [0.5, 0.6) is 0 Å². The number of aromatic nitrogens is 3. The minimum Gasteiger partial charge on any atom is -0.355 e.